The maximum absolute atomic E-state index is 13.1. The zero-order valence-corrected chi connectivity index (χ0v) is 10.4. The summed E-state index contributed by atoms with van der Waals surface area (Å²) in [6.07, 6.45) is -3.41. The second kappa shape index (κ2) is 6.56. The molecule has 0 heterocycles. The average molecular weight is 277 g/mol. The molecule has 0 amide bonds. The van der Waals surface area contributed by atoms with Gasteiger partial charge in [0.05, 0.1) is 5.56 Å². The van der Waals surface area contributed by atoms with Crippen molar-refractivity contribution in [2.45, 2.75) is 19.2 Å². The van der Waals surface area contributed by atoms with Gasteiger partial charge >= 0.3 is 6.18 Å². The number of alkyl halides is 3. The zero-order valence-electron chi connectivity index (χ0n) is 10.4. The first kappa shape index (κ1) is 15.5. The number of halogens is 4. The topological polar surface area (TPSA) is 21.3 Å². The highest BCUT2D eigenvalue weighted by Gasteiger charge is 2.34. The van der Waals surface area contributed by atoms with Gasteiger partial charge in [0.1, 0.15) is 17.7 Å². The molecule has 6 heteroatoms. The molecule has 106 valence electrons. The Labute approximate surface area is 109 Å². The van der Waals surface area contributed by atoms with Crippen molar-refractivity contribution in [2.24, 2.45) is 0 Å². The molecule has 1 atom stereocenters. The van der Waals surface area contributed by atoms with Crippen molar-refractivity contribution in [1.82, 2.24) is 5.32 Å². The highest BCUT2D eigenvalue weighted by molar-refractivity contribution is 5.31. The number of nitrogens with one attached hydrogen (secondary N) is 1. The summed E-state index contributed by atoms with van der Waals surface area (Å²) in [7, 11) is 0. The van der Waals surface area contributed by atoms with Crippen LogP contribution in [0.4, 0.5) is 17.6 Å². The van der Waals surface area contributed by atoms with Crippen molar-refractivity contribution in [3.05, 3.63) is 42.2 Å². The fourth-order valence-electron chi connectivity index (χ4n) is 1.46. The predicted molar refractivity (Wildman–Crippen MR) is 64.6 cm³/mol. The molecule has 0 spiro atoms. The molecule has 0 aliphatic carbocycles. The van der Waals surface area contributed by atoms with Crippen LogP contribution in [0.1, 0.15) is 12.5 Å². The Morgan fingerprint density at radius 1 is 1.42 bits per heavy atom. The summed E-state index contributed by atoms with van der Waals surface area (Å²) in [6, 6.07) is 2.59. The van der Waals surface area contributed by atoms with Gasteiger partial charge in [0, 0.05) is 13.1 Å². The van der Waals surface area contributed by atoms with E-state index in [9.17, 15) is 17.6 Å². The summed E-state index contributed by atoms with van der Waals surface area (Å²) in [5, 5.41) is 2.97. The summed E-state index contributed by atoms with van der Waals surface area (Å²) < 4.78 is 55.8. The quantitative estimate of drug-likeness (QED) is 0.489. The zero-order chi connectivity index (χ0) is 14.5. The Balaban J connectivity index is 2.72. The van der Waals surface area contributed by atoms with Gasteiger partial charge in [-0.2, -0.15) is 13.2 Å². The van der Waals surface area contributed by atoms with Crippen LogP contribution in [0.2, 0.25) is 0 Å². The first-order valence-corrected chi connectivity index (χ1v) is 5.69. The SMILES string of the molecule is C=CCNCC(C)Oc1ccc(F)c(C(F)(F)F)c1. The van der Waals surface area contributed by atoms with Crippen LogP contribution in [-0.4, -0.2) is 19.2 Å². The van der Waals surface area contributed by atoms with E-state index in [0.717, 1.165) is 6.07 Å². The fourth-order valence-corrected chi connectivity index (χ4v) is 1.46. The van der Waals surface area contributed by atoms with E-state index in [1.807, 2.05) is 0 Å². The van der Waals surface area contributed by atoms with Crippen LogP contribution in [-0.2, 0) is 6.18 Å². The molecule has 1 rings (SSSR count). The van der Waals surface area contributed by atoms with Gasteiger partial charge in [0.15, 0.2) is 0 Å². The number of hydrogen-bond donors (Lipinski definition) is 1. The number of rotatable bonds is 6. The van der Waals surface area contributed by atoms with Crippen LogP contribution in [0.25, 0.3) is 0 Å². The number of benzene rings is 1. The minimum Gasteiger partial charge on any atom is -0.489 e. The molecule has 0 aliphatic rings. The predicted octanol–water partition coefficient (Wildman–Crippen LogP) is 3.39. The second-order valence-corrected chi connectivity index (χ2v) is 4.01. The molecular formula is C13H15F4NO. The van der Waals surface area contributed by atoms with Gasteiger partial charge in [-0.3, -0.25) is 0 Å². The highest BCUT2D eigenvalue weighted by Crippen LogP contribution is 2.33. The van der Waals surface area contributed by atoms with Crippen LogP contribution >= 0.6 is 0 Å². The van der Waals surface area contributed by atoms with Crippen LogP contribution < -0.4 is 10.1 Å². The van der Waals surface area contributed by atoms with Crippen molar-refractivity contribution < 1.29 is 22.3 Å². The highest BCUT2D eigenvalue weighted by atomic mass is 19.4. The molecular weight excluding hydrogens is 262 g/mol. The van der Waals surface area contributed by atoms with E-state index in [0.29, 0.717) is 19.2 Å². The second-order valence-electron chi connectivity index (χ2n) is 4.01. The Morgan fingerprint density at radius 2 is 2.11 bits per heavy atom. The molecule has 0 radical (unpaired) electrons. The van der Waals surface area contributed by atoms with Gasteiger partial charge in [-0.05, 0) is 25.1 Å². The monoisotopic (exact) mass is 277 g/mol. The van der Waals surface area contributed by atoms with E-state index in [2.05, 4.69) is 11.9 Å². The molecule has 1 N–H and O–H groups in total. The smallest absolute Gasteiger partial charge is 0.419 e. The standard InChI is InChI=1S/C13H15F4NO/c1-3-6-18-8-9(2)19-10-4-5-12(14)11(7-10)13(15,16)17/h3-5,7,9,18H,1,6,8H2,2H3. The Hall–Kier alpha value is -1.56. The first-order valence-electron chi connectivity index (χ1n) is 5.69. The van der Waals surface area contributed by atoms with Crippen molar-refractivity contribution in [3.8, 4) is 5.75 Å². The van der Waals surface area contributed by atoms with Crippen molar-refractivity contribution in [1.29, 1.82) is 0 Å². The van der Waals surface area contributed by atoms with Gasteiger partial charge in [0.25, 0.3) is 0 Å². The lowest BCUT2D eigenvalue weighted by Crippen LogP contribution is -2.29. The van der Waals surface area contributed by atoms with Crippen LogP contribution in [0.15, 0.2) is 30.9 Å². The van der Waals surface area contributed by atoms with Crippen LogP contribution in [0.5, 0.6) is 5.75 Å². The summed E-state index contributed by atoms with van der Waals surface area (Å²) in [5.41, 5.74) is -1.32. The summed E-state index contributed by atoms with van der Waals surface area (Å²) in [5.74, 6) is -1.32. The van der Waals surface area contributed by atoms with E-state index in [1.54, 1.807) is 13.0 Å². The normalized spacial score (nSPS) is 13.1. The van der Waals surface area contributed by atoms with Gasteiger partial charge in [-0.25, -0.2) is 4.39 Å². The van der Waals surface area contributed by atoms with Crippen LogP contribution in [0, 0.1) is 5.82 Å². The third-order valence-electron chi connectivity index (χ3n) is 2.30. The largest absolute Gasteiger partial charge is 0.489 e. The number of ether oxygens (including phenoxy) is 1. The summed E-state index contributed by atoms with van der Waals surface area (Å²) >= 11 is 0. The molecule has 0 fully saturated rings. The molecule has 0 aliphatic heterocycles. The van der Waals surface area contributed by atoms with E-state index >= 15 is 0 Å². The Kier molecular flexibility index (Phi) is 5.35. The molecule has 0 saturated carbocycles. The van der Waals surface area contributed by atoms with Crippen molar-refractivity contribution in [3.63, 3.8) is 0 Å². The third kappa shape index (κ3) is 4.90. The maximum Gasteiger partial charge on any atom is 0.419 e. The Morgan fingerprint density at radius 3 is 2.68 bits per heavy atom. The maximum atomic E-state index is 13.1. The minimum absolute atomic E-state index is 0.0124. The van der Waals surface area contributed by atoms with E-state index < -0.39 is 17.6 Å². The van der Waals surface area contributed by atoms with Crippen molar-refractivity contribution >= 4 is 0 Å². The van der Waals surface area contributed by atoms with Gasteiger partial charge in [-0.15, -0.1) is 6.58 Å². The lowest BCUT2D eigenvalue weighted by atomic mass is 10.2. The summed E-state index contributed by atoms with van der Waals surface area (Å²) in [6.45, 7) is 6.24. The lowest BCUT2D eigenvalue weighted by Gasteiger charge is -2.16. The third-order valence-corrected chi connectivity index (χ3v) is 2.30. The fraction of sp³-hybridized carbons (Fsp3) is 0.385. The lowest BCUT2D eigenvalue weighted by molar-refractivity contribution is -0.140. The minimum atomic E-state index is -4.73. The summed E-state index contributed by atoms with van der Waals surface area (Å²) in [4.78, 5) is 0. The van der Waals surface area contributed by atoms with Gasteiger partial charge in [-0.1, -0.05) is 6.08 Å². The molecule has 0 bridgehead atoms. The average Bonchev–Trinajstić information content (AvgIpc) is 2.30. The molecule has 2 nitrogen and oxygen atoms in total. The first-order chi connectivity index (χ1) is 8.84. The molecule has 1 unspecified atom stereocenters. The van der Waals surface area contributed by atoms with E-state index in [1.165, 1.54) is 6.07 Å². The molecule has 19 heavy (non-hydrogen) atoms. The Bertz CT molecular complexity index is 431. The molecule has 1 aromatic rings. The molecule has 1 aromatic carbocycles. The van der Waals surface area contributed by atoms with E-state index in [4.69, 9.17) is 4.74 Å². The van der Waals surface area contributed by atoms with Crippen LogP contribution in [0.3, 0.4) is 0 Å². The van der Waals surface area contributed by atoms with E-state index in [-0.39, 0.29) is 11.9 Å². The van der Waals surface area contributed by atoms with Gasteiger partial charge in [0.2, 0.25) is 0 Å². The molecule has 0 aromatic heterocycles. The number of hydrogen-bond acceptors (Lipinski definition) is 2. The van der Waals surface area contributed by atoms with Gasteiger partial charge < -0.3 is 10.1 Å². The van der Waals surface area contributed by atoms with Crippen molar-refractivity contribution in [2.75, 3.05) is 13.1 Å². The molecule has 0 saturated heterocycles.